The smallest absolute Gasteiger partial charge is 0.0666 e. The minimum Gasteiger partial charge on any atom is -0.390 e. The Bertz CT molecular complexity index is 132. The molecule has 1 aliphatic rings. The second-order valence-corrected chi connectivity index (χ2v) is 4.09. The monoisotopic (exact) mass is 172 g/mol. The van der Waals surface area contributed by atoms with Crippen LogP contribution in [0.3, 0.4) is 0 Å². The van der Waals surface area contributed by atoms with E-state index in [1.807, 2.05) is 6.92 Å². The Kier molecular flexibility index (Phi) is 3.53. The summed E-state index contributed by atoms with van der Waals surface area (Å²) in [5.74, 6) is 0. The number of hydrogen-bond acceptors (Lipinski definition) is 2. The molecule has 12 heavy (non-hydrogen) atoms. The molecule has 0 aliphatic carbocycles. The molecule has 2 heteroatoms. The van der Waals surface area contributed by atoms with Gasteiger partial charge in [-0.1, -0.05) is 19.8 Å². The molecule has 0 aromatic heterocycles. The third-order valence-corrected chi connectivity index (χ3v) is 2.54. The van der Waals surface area contributed by atoms with Crippen LogP contribution < -0.4 is 0 Å². The van der Waals surface area contributed by atoms with Gasteiger partial charge >= 0.3 is 0 Å². The van der Waals surface area contributed by atoms with Crippen LogP contribution in [0, 0.1) is 0 Å². The van der Waals surface area contributed by atoms with Gasteiger partial charge in [0.15, 0.2) is 0 Å². The minimum atomic E-state index is -0.476. The molecular weight excluding hydrogens is 152 g/mol. The van der Waals surface area contributed by atoms with Crippen LogP contribution in [-0.4, -0.2) is 23.4 Å². The van der Waals surface area contributed by atoms with Crippen molar-refractivity contribution in [2.45, 2.75) is 57.7 Å². The maximum Gasteiger partial charge on any atom is 0.0666 e. The normalized spacial score (nSPS) is 36.8. The van der Waals surface area contributed by atoms with E-state index in [0.29, 0.717) is 6.10 Å². The highest BCUT2D eigenvalue weighted by Gasteiger charge is 2.29. The largest absolute Gasteiger partial charge is 0.390 e. The van der Waals surface area contributed by atoms with Gasteiger partial charge in [0.25, 0.3) is 0 Å². The quantitative estimate of drug-likeness (QED) is 0.706. The van der Waals surface area contributed by atoms with E-state index in [1.54, 1.807) is 0 Å². The molecule has 0 spiro atoms. The molecular formula is C10H20O2. The minimum absolute atomic E-state index is 0.300. The summed E-state index contributed by atoms with van der Waals surface area (Å²) in [6, 6.07) is 0. The molecule has 72 valence electrons. The molecule has 2 nitrogen and oxygen atoms in total. The Morgan fingerprint density at radius 3 is 2.92 bits per heavy atom. The fourth-order valence-electron chi connectivity index (χ4n) is 1.71. The van der Waals surface area contributed by atoms with Crippen molar-refractivity contribution in [3.05, 3.63) is 0 Å². The summed E-state index contributed by atoms with van der Waals surface area (Å²) in [6.07, 6.45) is 5.42. The maximum absolute atomic E-state index is 9.76. The lowest BCUT2D eigenvalue weighted by atomic mass is 9.90. The maximum atomic E-state index is 9.76. The van der Waals surface area contributed by atoms with Crippen molar-refractivity contribution in [1.82, 2.24) is 0 Å². The van der Waals surface area contributed by atoms with Gasteiger partial charge in [0.1, 0.15) is 0 Å². The summed E-state index contributed by atoms with van der Waals surface area (Å²) >= 11 is 0. The lowest BCUT2D eigenvalue weighted by Gasteiger charge is -2.34. The van der Waals surface area contributed by atoms with Gasteiger partial charge in [-0.25, -0.2) is 0 Å². The zero-order valence-corrected chi connectivity index (χ0v) is 8.18. The zero-order valence-electron chi connectivity index (χ0n) is 8.18. The van der Waals surface area contributed by atoms with Crippen LogP contribution in [0.25, 0.3) is 0 Å². The van der Waals surface area contributed by atoms with Gasteiger partial charge in [0.05, 0.1) is 11.7 Å². The first-order valence-electron chi connectivity index (χ1n) is 4.98. The molecule has 0 aromatic carbocycles. The SMILES string of the molecule is CCCCC1CC(C)(O)CCO1. The van der Waals surface area contributed by atoms with Crippen LogP contribution in [-0.2, 0) is 4.74 Å². The number of ether oxygens (including phenoxy) is 1. The van der Waals surface area contributed by atoms with Crippen molar-refractivity contribution in [1.29, 1.82) is 0 Å². The number of aliphatic hydroxyl groups is 1. The van der Waals surface area contributed by atoms with Crippen LogP contribution >= 0.6 is 0 Å². The first-order chi connectivity index (χ1) is 5.64. The predicted octanol–water partition coefficient (Wildman–Crippen LogP) is 2.11. The highest BCUT2D eigenvalue weighted by molar-refractivity contribution is 4.81. The van der Waals surface area contributed by atoms with E-state index in [9.17, 15) is 5.11 Å². The fourth-order valence-corrected chi connectivity index (χ4v) is 1.71. The van der Waals surface area contributed by atoms with E-state index < -0.39 is 5.60 Å². The molecule has 1 N–H and O–H groups in total. The van der Waals surface area contributed by atoms with Gasteiger partial charge in [0.2, 0.25) is 0 Å². The van der Waals surface area contributed by atoms with E-state index in [2.05, 4.69) is 6.92 Å². The van der Waals surface area contributed by atoms with E-state index in [4.69, 9.17) is 4.74 Å². The molecule has 1 rings (SSSR count). The lowest BCUT2D eigenvalue weighted by molar-refractivity contribution is -0.0958. The van der Waals surface area contributed by atoms with E-state index in [1.165, 1.54) is 12.8 Å². The van der Waals surface area contributed by atoms with Gasteiger partial charge < -0.3 is 9.84 Å². The Balaban J connectivity index is 2.26. The Hall–Kier alpha value is -0.0800. The van der Waals surface area contributed by atoms with Crippen LogP contribution in [0.15, 0.2) is 0 Å². The van der Waals surface area contributed by atoms with Gasteiger partial charge in [-0.2, -0.15) is 0 Å². The highest BCUT2D eigenvalue weighted by atomic mass is 16.5. The number of unbranched alkanes of at least 4 members (excludes halogenated alkanes) is 1. The Labute approximate surface area is 74.9 Å². The lowest BCUT2D eigenvalue weighted by Crippen LogP contribution is -2.38. The van der Waals surface area contributed by atoms with Crippen LogP contribution in [0.2, 0.25) is 0 Å². The van der Waals surface area contributed by atoms with Crippen molar-refractivity contribution < 1.29 is 9.84 Å². The van der Waals surface area contributed by atoms with Crippen molar-refractivity contribution >= 4 is 0 Å². The summed E-state index contributed by atoms with van der Waals surface area (Å²) in [5.41, 5.74) is -0.476. The molecule has 1 saturated heterocycles. The van der Waals surface area contributed by atoms with Crippen LogP contribution in [0.5, 0.6) is 0 Å². The molecule has 0 amide bonds. The molecule has 2 unspecified atom stereocenters. The van der Waals surface area contributed by atoms with E-state index >= 15 is 0 Å². The van der Waals surface area contributed by atoms with E-state index in [0.717, 1.165) is 25.9 Å². The third-order valence-electron chi connectivity index (χ3n) is 2.54. The van der Waals surface area contributed by atoms with Crippen LogP contribution in [0.1, 0.15) is 46.0 Å². The molecule has 1 heterocycles. The van der Waals surface area contributed by atoms with Crippen molar-refractivity contribution in [3.63, 3.8) is 0 Å². The summed E-state index contributed by atoms with van der Waals surface area (Å²) in [7, 11) is 0. The summed E-state index contributed by atoms with van der Waals surface area (Å²) in [5, 5.41) is 9.76. The average molecular weight is 172 g/mol. The summed E-state index contributed by atoms with van der Waals surface area (Å²) < 4.78 is 5.56. The predicted molar refractivity (Wildman–Crippen MR) is 49.1 cm³/mol. The Morgan fingerprint density at radius 2 is 2.33 bits per heavy atom. The Morgan fingerprint density at radius 1 is 1.58 bits per heavy atom. The second kappa shape index (κ2) is 4.24. The molecule has 1 fully saturated rings. The first kappa shape index (κ1) is 10.0. The average Bonchev–Trinajstić information content (AvgIpc) is 1.99. The fraction of sp³-hybridized carbons (Fsp3) is 1.00. The third kappa shape index (κ3) is 3.11. The molecule has 0 aromatic rings. The molecule has 0 saturated carbocycles. The standard InChI is InChI=1S/C10H20O2/c1-3-4-5-9-8-10(2,11)6-7-12-9/h9,11H,3-8H2,1-2H3. The van der Waals surface area contributed by atoms with Crippen molar-refractivity contribution in [3.8, 4) is 0 Å². The van der Waals surface area contributed by atoms with Crippen molar-refractivity contribution in [2.24, 2.45) is 0 Å². The second-order valence-electron chi connectivity index (χ2n) is 4.09. The number of rotatable bonds is 3. The topological polar surface area (TPSA) is 29.5 Å². The van der Waals surface area contributed by atoms with Gasteiger partial charge in [-0.3, -0.25) is 0 Å². The van der Waals surface area contributed by atoms with Gasteiger partial charge in [-0.05, 0) is 19.8 Å². The van der Waals surface area contributed by atoms with Crippen LogP contribution in [0.4, 0.5) is 0 Å². The first-order valence-corrected chi connectivity index (χ1v) is 4.98. The summed E-state index contributed by atoms with van der Waals surface area (Å²) in [4.78, 5) is 0. The van der Waals surface area contributed by atoms with E-state index in [-0.39, 0.29) is 0 Å². The highest BCUT2D eigenvalue weighted by Crippen LogP contribution is 2.26. The summed E-state index contributed by atoms with van der Waals surface area (Å²) in [6.45, 7) is 4.82. The van der Waals surface area contributed by atoms with Crippen molar-refractivity contribution in [2.75, 3.05) is 6.61 Å². The zero-order chi connectivity index (χ0) is 9.03. The molecule has 0 bridgehead atoms. The van der Waals surface area contributed by atoms with Gasteiger partial charge in [0, 0.05) is 13.0 Å². The number of hydrogen-bond donors (Lipinski definition) is 1. The molecule has 2 atom stereocenters. The molecule has 0 radical (unpaired) electrons. The van der Waals surface area contributed by atoms with Gasteiger partial charge in [-0.15, -0.1) is 0 Å². The molecule has 1 aliphatic heterocycles.